The van der Waals surface area contributed by atoms with Gasteiger partial charge in [-0.05, 0) is 0 Å². The van der Waals surface area contributed by atoms with Gasteiger partial charge in [-0.15, -0.1) is 0 Å². The molecule has 1 heterocycles. The molecule has 1 saturated heterocycles. The zero-order valence-electron chi connectivity index (χ0n) is 6.38. The maximum atomic E-state index is 10.3. The summed E-state index contributed by atoms with van der Waals surface area (Å²) in [5.74, 6) is -0.337. The highest BCUT2D eigenvalue weighted by molar-refractivity contribution is 5.75. The molecule has 1 fully saturated rings. The average Bonchev–Trinajstić information content (AvgIpc) is 2.03. The molecule has 3 N–H and O–H groups in total. The van der Waals surface area contributed by atoms with Crippen LogP contribution in [0.15, 0.2) is 0 Å². The van der Waals surface area contributed by atoms with Gasteiger partial charge in [-0.3, -0.25) is 4.79 Å². The quantitative estimate of drug-likeness (QED) is 0.515. The van der Waals surface area contributed by atoms with E-state index in [1.807, 2.05) is 5.01 Å². The molecule has 64 valence electrons. The van der Waals surface area contributed by atoms with Gasteiger partial charge < -0.3 is 10.5 Å². The molecule has 0 atom stereocenters. The molecule has 1 aliphatic heterocycles. The number of primary amides is 1. The summed E-state index contributed by atoms with van der Waals surface area (Å²) in [4.78, 5) is 10.3. The van der Waals surface area contributed by atoms with Gasteiger partial charge >= 0.3 is 0 Å². The molecule has 5 heteroatoms. The highest BCUT2D eigenvalue weighted by Gasteiger charge is 2.09. The number of carbonyl (C=O) groups is 1. The predicted octanol–water partition coefficient (Wildman–Crippen LogP) is -1.69. The molecule has 1 rings (SSSR count). The number of hydrogen-bond donors (Lipinski definition) is 2. The molecule has 0 unspecified atom stereocenters. The van der Waals surface area contributed by atoms with Crippen molar-refractivity contribution in [2.45, 2.75) is 0 Å². The zero-order chi connectivity index (χ0) is 8.10. The standard InChI is InChI=1S/C6H13N3O2/c7-6(10)5-8-9-1-3-11-4-2-9/h8H,1-5H2,(H2,7,10). The van der Waals surface area contributed by atoms with Crippen LogP contribution in [0.25, 0.3) is 0 Å². The number of nitrogens with one attached hydrogen (secondary N) is 1. The smallest absolute Gasteiger partial charge is 0.232 e. The Morgan fingerprint density at radius 2 is 2.18 bits per heavy atom. The van der Waals surface area contributed by atoms with E-state index in [1.54, 1.807) is 0 Å². The number of rotatable bonds is 3. The van der Waals surface area contributed by atoms with Crippen molar-refractivity contribution in [3.63, 3.8) is 0 Å². The van der Waals surface area contributed by atoms with Gasteiger partial charge in [0.05, 0.1) is 19.8 Å². The SMILES string of the molecule is NC(=O)CNN1CCOCC1. The molecule has 1 amide bonds. The van der Waals surface area contributed by atoms with Crippen LogP contribution < -0.4 is 11.2 Å². The number of carbonyl (C=O) groups excluding carboxylic acids is 1. The number of nitrogens with two attached hydrogens (primary N) is 1. The summed E-state index contributed by atoms with van der Waals surface area (Å²) in [6.07, 6.45) is 0. The molecule has 0 aliphatic carbocycles. The number of hydrogen-bond acceptors (Lipinski definition) is 4. The molecular weight excluding hydrogens is 146 g/mol. The molecule has 5 nitrogen and oxygen atoms in total. The molecule has 0 bridgehead atoms. The van der Waals surface area contributed by atoms with Gasteiger partial charge in [0.15, 0.2) is 0 Å². The van der Waals surface area contributed by atoms with Crippen LogP contribution in [0.2, 0.25) is 0 Å². The normalized spacial score (nSPS) is 20.0. The van der Waals surface area contributed by atoms with E-state index in [1.165, 1.54) is 0 Å². The van der Waals surface area contributed by atoms with E-state index >= 15 is 0 Å². The largest absolute Gasteiger partial charge is 0.379 e. The number of amides is 1. The summed E-state index contributed by atoms with van der Waals surface area (Å²) in [6.45, 7) is 3.26. The highest BCUT2D eigenvalue weighted by Crippen LogP contribution is 1.90. The van der Waals surface area contributed by atoms with Crippen molar-refractivity contribution in [1.82, 2.24) is 10.4 Å². The van der Waals surface area contributed by atoms with Crippen LogP contribution in [0.4, 0.5) is 0 Å². The minimum absolute atomic E-state index is 0.208. The summed E-state index contributed by atoms with van der Waals surface area (Å²) < 4.78 is 5.11. The first kappa shape index (κ1) is 8.45. The summed E-state index contributed by atoms with van der Waals surface area (Å²) in [5, 5.41) is 1.94. The molecule has 0 radical (unpaired) electrons. The van der Waals surface area contributed by atoms with Gasteiger partial charge in [-0.1, -0.05) is 0 Å². The van der Waals surface area contributed by atoms with Crippen molar-refractivity contribution in [2.24, 2.45) is 5.73 Å². The van der Waals surface area contributed by atoms with Gasteiger partial charge in [0.25, 0.3) is 0 Å². The Balaban J connectivity index is 2.09. The summed E-state index contributed by atoms with van der Waals surface area (Å²) in [7, 11) is 0. The van der Waals surface area contributed by atoms with Crippen molar-refractivity contribution in [1.29, 1.82) is 0 Å². The number of hydrazine groups is 1. The lowest BCUT2D eigenvalue weighted by Gasteiger charge is -2.26. The van der Waals surface area contributed by atoms with E-state index < -0.39 is 0 Å². The van der Waals surface area contributed by atoms with Crippen LogP contribution in [0, 0.1) is 0 Å². The van der Waals surface area contributed by atoms with E-state index in [-0.39, 0.29) is 12.5 Å². The first-order chi connectivity index (χ1) is 5.29. The van der Waals surface area contributed by atoms with E-state index in [0.29, 0.717) is 13.2 Å². The molecule has 11 heavy (non-hydrogen) atoms. The fourth-order valence-corrected chi connectivity index (χ4v) is 0.911. The molecule has 1 aliphatic rings. The first-order valence-electron chi connectivity index (χ1n) is 3.63. The van der Waals surface area contributed by atoms with Gasteiger partial charge in [0, 0.05) is 13.1 Å². The number of morpholine rings is 1. The Morgan fingerprint density at radius 3 is 2.73 bits per heavy atom. The summed E-state index contributed by atoms with van der Waals surface area (Å²) >= 11 is 0. The lowest BCUT2D eigenvalue weighted by atomic mass is 10.5. The van der Waals surface area contributed by atoms with Crippen LogP contribution >= 0.6 is 0 Å². The topological polar surface area (TPSA) is 67.6 Å². The van der Waals surface area contributed by atoms with Crippen molar-refractivity contribution < 1.29 is 9.53 Å². The Kier molecular flexibility index (Phi) is 3.28. The third kappa shape index (κ3) is 3.31. The lowest BCUT2D eigenvalue weighted by Crippen LogP contribution is -2.48. The maximum Gasteiger partial charge on any atom is 0.232 e. The Labute approximate surface area is 65.5 Å². The van der Waals surface area contributed by atoms with Crippen molar-refractivity contribution in [2.75, 3.05) is 32.8 Å². The second-order valence-corrected chi connectivity index (χ2v) is 2.40. The Morgan fingerprint density at radius 1 is 1.55 bits per heavy atom. The van der Waals surface area contributed by atoms with Gasteiger partial charge in [0.1, 0.15) is 0 Å². The van der Waals surface area contributed by atoms with E-state index in [0.717, 1.165) is 13.1 Å². The predicted molar refractivity (Wildman–Crippen MR) is 39.6 cm³/mol. The van der Waals surface area contributed by atoms with Gasteiger partial charge in [-0.25, -0.2) is 10.4 Å². The van der Waals surface area contributed by atoms with Gasteiger partial charge in [0.2, 0.25) is 5.91 Å². The van der Waals surface area contributed by atoms with E-state index in [2.05, 4.69) is 5.43 Å². The van der Waals surface area contributed by atoms with Crippen LogP contribution in [0.1, 0.15) is 0 Å². The molecule has 0 aromatic heterocycles. The van der Waals surface area contributed by atoms with Crippen LogP contribution in [0.3, 0.4) is 0 Å². The summed E-state index contributed by atoms with van der Waals surface area (Å²) in [6, 6.07) is 0. The molecule has 0 spiro atoms. The molecular formula is C6H13N3O2. The first-order valence-corrected chi connectivity index (χ1v) is 3.63. The lowest BCUT2D eigenvalue weighted by molar-refractivity contribution is -0.118. The number of ether oxygens (including phenoxy) is 1. The van der Waals surface area contributed by atoms with Crippen molar-refractivity contribution >= 4 is 5.91 Å². The van der Waals surface area contributed by atoms with Crippen LogP contribution in [-0.2, 0) is 9.53 Å². The number of nitrogens with zero attached hydrogens (tertiary/aromatic N) is 1. The fourth-order valence-electron chi connectivity index (χ4n) is 0.911. The highest BCUT2D eigenvalue weighted by atomic mass is 16.5. The van der Waals surface area contributed by atoms with E-state index in [4.69, 9.17) is 10.5 Å². The fraction of sp³-hybridized carbons (Fsp3) is 0.833. The summed E-state index contributed by atoms with van der Waals surface area (Å²) in [5.41, 5.74) is 7.85. The Hall–Kier alpha value is -0.650. The second-order valence-electron chi connectivity index (χ2n) is 2.40. The van der Waals surface area contributed by atoms with E-state index in [9.17, 15) is 4.79 Å². The van der Waals surface area contributed by atoms with Crippen LogP contribution in [-0.4, -0.2) is 43.8 Å². The molecule has 0 aromatic rings. The average molecular weight is 159 g/mol. The maximum absolute atomic E-state index is 10.3. The molecule has 0 saturated carbocycles. The minimum Gasteiger partial charge on any atom is -0.379 e. The van der Waals surface area contributed by atoms with Gasteiger partial charge in [-0.2, -0.15) is 0 Å². The second kappa shape index (κ2) is 4.27. The van der Waals surface area contributed by atoms with Crippen LogP contribution in [0.5, 0.6) is 0 Å². The minimum atomic E-state index is -0.337. The van der Waals surface area contributed by atoms with Crippen molar-refractivity contribution in [3.05, 3.63) is 0 Å². The third-order valence-electron chi connectivity index (χ3n) is 1.49. The molecule has 0 aromatic carbocycles. The zero-order valence-corrected chi connectivity index (χ0v) is 6.38. The third-order valence-corrected chi connectivity index (χ3v) is 1.49. The van der Waals surface area contributed by atoms with Crippen molar-refractivity contribution in [3.8, 4) is 0 Å². The Bertz CT molecular complexity index is 134. The monoisotopic (exact) mass is 159 g/mol.